The third-order valence-electron chi connectivity index (χ3n) is 3.71. The van der Waals surface area contributed by atoms with Crippen molar-refractivity contribution >= 4 is 17.6 Å². The molecule has 0 aliphatic heterocycles. The van der Waals surface area contributed by atoms with Crippen LogP contribution in [0.5, 0.6) is 0 Å². The summed E-state index contributed by atoms with van der Waals surface area (Å²) < 4.78 is 0. The van der Waals surface area contributed by atoms with Crippen LogP contribution in [0.2, 0.25) is 0 Å². The van der Waals surface area contributed by atoms with Crippen molar-refractivity contribution in [1.82, 2.24) is 4.98 Å². The van der Waals surface area contributed by atoms with Gasteiger partial charge in [-0.25, -0.2) is 4.79 Å². The van der Waals surface area contributed by atoms with Crippen molar-refractivity contribution in [2.75, 3.05) is 0 Å². The van der Waals surface area contributed by atoms with Crippen LogP contribution in [0.1, 0.15) is 16.8 Å². The van der Waals surface area contributed by atoms with E-state index in [0.29, 0.717) is 5.69 Å². The van der Waals surface area contributed by atoms with Crippen molar-refractivity contribution in [2.45, 2.75) is 0 Å². The smallest absolute Gasteiger partial charge is 0.335 e. The minimum absolute atomic E-state index is 0.182. The number of nitrogens with zero attached hydrogens (tertiary/aromatic N) is 1. The first-order valence-electron chi connectivity index (χ1n) is 7.92. The number of carboxylic acids is 1. The molecule has 0 radical (unpaired) electrons. The Labute approximate surface area is 146 Å². The van der Waals surface area contributed by atoms with E-state index in [1.165, 1.54) is 0 Å². The molecule has 0 unspecified atom stereocenters. The van der Waals surface area contributed by atoms with Crippen LogP contribution in [0.4, 0.5) is 0 Å². The maximum atomic E-state index is 11.8. The molecule has 1 heterocycles. The number of benzene rings is 2. The van der Waals surface area contributed by atoms with E-state index in [9.17, 15) is 9.90 Å². The molecule has 25 heavy (non-hydrogen) atoms. The predicted molar refractivity (Wildman–Crippen MR) is 99.8 cm³/mol. The van der Waals surface area contributed by atoms with Gasteiger partial charge in [-0.1, -0.05) is 66.7 Å². The fraction of sp³-hybridized carbons (Fsp3) is 0. The summed E-state index contributed by atoms with van der Waals surface area (Å²) in [5, 5.41) is 9.64. The molecular weight excluding hydrogens is 310 g/mol. The van der Waals surface area contributed by atoms with Gasteiger partial charge in [0.1, 0.15) is 0 Å². The van der Waals surface area contributed by atoms with Crippen LogP contribution in [0.25, 0.3) is 11.6 Å². The second kappa shape index (κ2) is 7.88. The molecule has 3 heteroatoms. The molecule has 0 aliphatic rings. The van der Waals surface area contributed by atoms with Gasteiger partial charge in [-0.3, -0.25) is 4.98 Å². The summed E-state index contributed by atoms with van der Waals surface area (Å²) in [5.41, 5.74) is 3.56. The summed E-state index contributed by atoms with van der Waals surface area (Å²) >= 11 is 0. The normalized spacial score (nSPS) is 11.0. The molecule has 0 atom stereocenters. The van der Waals surface area contributed by atoms with Crippen molar-refractivity contribution in [3.05, 3.63) is 114 Å². The van der Waals surface area contributed by atoms with Crippen molar-refractivity contribution in [1.29, 1.82) is 0 Å². The summed E-state index contributed by atoms with van der Waals surface area (Å²) in [6, 6.07) is 24.9. The molecule has 0 aliphatic carbocycles. The summed E-state index contributed by atoms with van der Waals surface area (Å²) in [6.07, 6.45) is 4.92. The summed E-state index contributed by atoms with van der Waals surface area (Å²) in [7, 11) is 0. The van der Waals surface area contributed by atoms with Gasteiger partial charge in [-0.05, 0) is 41.0 Å². The molecule has 122 valence electrons. The predicted octanol–water partition coefficient (Wildman–Crippen LogP) is 4.68. The third-order valence-corrected chi connectivity index (χ3v) is 3.71. The van der Waals surface area contributed by atoms with Crippen LogP contribution in [-0.2, 0) is 4.79 Å². The van der Waals surface area contributed by atoms with E-state index in [0.717, 1.165) is 16.7 Å². The van der Waals surface area contributed by atoms with Gasteiger partial charge in [0.25, 0.3) is 0 Å². The van der Waals surface area contributed by atoms with Crippen molar-refractivity contribution in [3.63, 3.8) is 0 Å². The maximum Gasteiger partial charge on any atom is 0.335 e. The zero-order valence-corrected chi connectivity index (χ0v) is 13.5. The van der Waals surface area contributed by atoms with E-state index in [1.54, 1.807) is 30.5 Å². The minimum Gasteiger partial charge on any atom is -0.478 e. The number of aromatic nitrogens is 1. The lowest BCUT2D eigenvalue weighted by Crippen LogP contribution is -2.00. The van der Waals surface area contributed by atoms with Crippen molar-refractivity contribution in [2.24, 2.45) is 0 Å². The van der Waals surface area contributed by atoms with E-state index >= 15 is 0 Å². The summed E-state index contributed by atoms with van der Waals surface area (Å²) in [5.74, 6) is -0.991. The molecule has 0 saturated carbocycles. The molecule has 0 saturated heterocycles. The van der Waals surface area contributed by atoms with E-state index in [1.807, 2.05) is 66.7 Å². The highest BCUT2D eigenvalue weighted by atomic mass is 16.4. The Kier molecular flexibility index (Phi) is 5.17. The molecule has 0 spiro atoms. The number of carbonyl (C=O) groups is 1. The molecule has 1 N–H and O–H groups in total. The van der Waals surface area contributed by atoms with E-state index in [-0.39, 0.29) is 5.57 Å². The van der Waals surface area contributed by atoms with E-state index in [4.69, 9.17) is 0 Å². The van der Waals surface area contributed by atoms with Crippen LogP contribution in [0.3, 0.4) is 0 Å². The van der Waals surface area contributed by atoms with Gasteiger partial charge in [-0.15, -0.1) is 0 Å². The molecular formula is C22H17NO2. The Bertz CT molecular complexity index is 857. The number of pyridine rings is 1. The Hall–Kier alpha value is -3.46. The summed E-state index contributed by atoms with van der Waals surface area (Å²) in [4.78, 5) is 15.9. The Morgan fingerprint density at radius 2 is 1.36 bits per heavy atom. The zero-order valence-electron chi connectivity index (χ0n) is 13.5. The fourth-order valence-electron chi connectivity index (χ4n) is 2.51. The summed E-state index contributed by atoms with van der Waals surface area (Å²) in [6.45, 7) is 0. The molecule has 0 fully saturated rings. The highest BCUT2D eigenvalue weighted by Crippen LogP contribution is 2.25. The Morgan fingerprint density at radius 3 is 1.84 bits per heavy atom. The van der Waals surface area contributed by atoms with Gasteiger partial charge in [0.2, 0.25) is 0 Å². The van der Waals surface area contributed by atoms with Gasteiger partial charge in [0, 0.05) is 6.20 Å². The second-order valence-electron chi connectivity index (χ2n) is 5.45. The van der Waals surface area contributed by atoms with Crippen molar-refractivity contribution in [3.8, 4) is 0 Å². The largest absolute Gasteiger partial charge is 0.478 e. The van der Waals surface area contributed by atoms with Gasteiger partial charge in [0.05, 0.1) is 11.3 Å². The molecule has 1 aromatic heterocycles. The van der Waals surface area contributed by atoms with Gasteiger partial charge >= 0.3 is 5.97 Å². The first-order valence-corrected chi connectivity index (χ1v) is 7.92. The van der Waals surface area contributed by atoms with Crippen LogP contribution >= 0.6 is 0 Å². The molecule has 2 aromatic carbocycles. The molecule has 0 amide bonds. The average molecular weight is 327 g/mol. The van der Waals surface area contributed by atoms with Gasteiger partial charge in [-0.2, -0.15) is 0 Å². The van der Waals surface area contributed by atoms with Crippen molar-refractivity contribution < 1.29 is 9.90 Å². The highest BCUT2D eigenvalue weighted by Gasteiger charge is 2.10. The topological polar surface area (TPSA) is 50.2 Å². The molecule has 3 nitrogen and oxygen atoms in total. The number of hydrogen-bond donors (Lipinski definition) is 1. The number of rotatable bonds is 5. The zero-order chi connectivity index (χ0) is 17.5. The quantitative estimate of drug-likeness (QED) is 0.547. The molecule has 3 aromatic rings. The number of carboxylic acid groups (broad SMARTS) is 1. The lowest BCUT2D eigenvalue weighted by molar-refractivity contribution is -0.132. The monoisotopic (exact) mass is 327 g/mol. The van der Waals surface area contributed by atoms with Crippen LogP contribution in [0, 0.1) is 0 Å². The maximum absolute atomic E-state index is 11.8. The molecule has 0 bridgehead atoms. The van der Waals surface area contributed by atoms with E-state index in [2.05, 4.69) is 4.98 Å². The second-order valence-corrected chi connectivity index (χ2v) is 5.45. The standard InChI is InChI=1S/C22H17NO2/c24-22(25)19(15-20-13-7-8-14-23-20)16-21(17-9-3-1-4-10-17)18-11-5-2-6-12-18/h1-16H,(H,24,25)/b19-15-. The first kappa shape index (κ1) is 16.4. The first-order chi connectivity index (χ1) is 12.2. The minimum atomic E-state index is -0.991. The number of aliphatic carboxylic acids is 1. The fourth-order valence-corrected chi connectivity index (χ4v) is 2.51. The van der Waals surface area contributed by atoms with Gasteiger partial charge in [0.15, 0.2) is 0 Å². The lowest BCUT2D eigenvalue weighted by Gasteiger charge is -2.09. The van der Waals surface area contributed by atoms with E-state index < -0.39 is 5.97 Å². The highest BCUT2D eigenvalue weighted by molar-refractivity contribution is 5.99. The lowest BCUT2D eigenvalue weighted by atomic mass is 9.95. The SMILES string of the molecule is O=C(O)/C(C=C(c1ccccc1)c1ccccc1)=C\c1ccccn1. The third kappa shape index (κ3) is 4.30. The number of hydrogen-bond acceptors (Lipinski definition) is 2. The Morgan fingerprint density at radius 1 is 0.800 bits per heavy atom. The van der Waals surface area contributed by atoms with Crippen LogP contribution in [0.15, 0.2) is 96.7 Å². The van der Waals surface area contributed by atoms with Gasteiger partial charge < -0.3 is 5.11 Å². The van der Waals surface area contributed by atoms with Crippen LogP contribution < -0.4 is 0 Å². The average Bonchev–Trinajstić information content (AvgIpc) is 2.67. The van der Waals surface area contributed by atoms with Crippen LogP contribution in [-0.4, -0.2) is 16.1 Å². The Balaban J connectivity index is 2.13. The molecule has 3 rings (SSSR count).